The van der Waals surface area contributed by atoms with Gasteiger partial charge in [0.15, 0.2) is 0 Å². The molecule has 19 heavy (non-hydrogen) atoms. The predicted octanol–water partition coefficient (Wildman–Crippen LogP) is 3.56. The molecule has 0 aliphatic carbocycles. The average molecular weight is 280 g/mol. The minimum Gasteiger partial charge on any atom is -0.358 e. The lowest BCUT2D eigenvalue weighted by Crippen LogP contribution is -2.00. The summed E-state index contributed by atoms with van der Waals surface area (Å²) in [4.78, 5) is 0. The third kappa shape index (κ3) is 3.79. The van der Waals surface area contributed by atoms with Crippen molar-refractivity contribution in [1.82, 2.24) is 0 Å². The average Bonchev–Trinajstić information content (AvgIpc) is 2.26. The van der Waals surface area contributed by atoms with Gasteiger partial charge in [-0.1, -0.05) is 45.3 Å². The van der Waals surface area contributed by atoms with Crippen LogP contribution in [0.1, 0.15) is 11.1 Å². The first-order valence-electron chi connectivity index (χ1n) is 5.66. The fraction of sp³-hybridized carbons (Fsp3) is 0.143. The molecule has 2 rings (SSSR count). The first kappa shape index (κ1) is 13.5. The first-order valence-corrected chi connectivity index (χ1v) is 6.97. The van der Waals surface area contributed by atoms with Gasteiger partial charge in [-0.3, -0.25) is 0 Å². The van der Waals surface area contributed by atoms with Gasteiger partial charge in [0, 0.05) is 0 Å². The molecule has 0 saturated carbocycles. The summed E-state index contributed by atoms with van der Waals surface area (Å²) in [5.41, 5.74) is 4.21. The van der Waals surface area contributed by atoms with E-state index in [-0.39, 0.29) is 5.75 Å². The van der Waals surface area contributed by atoms with Crippen LogP contribution in [-0.4, -0.2) is 8.42 Å². The Morgan fingerprint density at radius 2 is 1.42 bits per heavy atom. The highest BCUT2D eigenvalue weighted by molar-refractivity contribution is 7.81. The molecule has 100 valence electrons. The van der Waals surface area contributed by atoms with Crippen molar-refractivity contribution in [2.24, 2.45) is 0 Å². The number of aryl methyl sites for hydroxylation is 2. The largest absolute Gasteiger partial charge is 0.488 e. The van der Waals surface area contributed by atoms with Crippen molar-refractivity contribution in [2.75, 3.05) is 0 Å². The molecular weight excluding hydrogens is 267 g/mol. The Morgan fingerprint density at radius 1 is 0.895 bits per heavy atom. The van der Waals surface area contributed by atoms with Gasteiger partial charge in [-0.2, -0.15) is 8.42 Å². The highest BCUT2D eigenvalue weighted by Gasteiger charge is 2.09. The van der Waals surface area contributed by atoms with E-state index < -0.39 is 10.5 Å². The molecule has 0 aromatic heterocycles. The van der Waals surface area contributed by atoms with Crippen molar-refractivity contribution in [2.45, 2.75) is 13.8 Å². The summed E-state index contributed by atoms with van der Waals surface area (Å²) in [6.07, 6.45) is 0. The Hall–Kier alpha value is -1.88. The summed E-state index contributed by atoms with van der Waals surface area (Å²) in [5.74, 6) is -0.0457. The molecule has 0 bridgehead atoms. The summed E-state index contributed by atoms with van der Waals surface area (Å²) in [6.45, 7) is 4.01. The second-order valence-electron chi connectivity index (χ2n) is 4.38. The predicted molar refractivity (Wildman–Crippen MR) is 72.0 cm³/mol. The van der Waals surface area contributed by atoms with Crippen molar-refractivity contribution >= 4 is 10.5 Å². The molecule has 0 amide bonds. The Morgan fingerprint density at radius 3 is 1.89 bits per heavy atom. The highest BCUT2D eigenvalue weighted by atomic mass is 32.3. The summed E-state index contributed by atoms with van der Waals surface area (Å²) in [5, 5.41) is 0. The van der Waals surface area contributed by atoms with Gasteiger partial charge >= 0.3 is 10.5 Å². The summed E-state index contributed by atoms with van der Waals surface area (Å²) in [6, 6.07) is 12.3. The van der Waals surface area contributed by atoms with Gasteiger partial charge in [-0.25, -0.2) is 0 Å². The minimum atomic E-state index is -4.97. The Labute approximate surface area is 112 Å². The summed E-state index contributed by atoms with van der Waals surface area (Å²) >= 11 is 0. The fourth-order valence-corrected chi connectivity index (χ4v) is 2.30. The van der Waals surface area contributed by atoms with E-state index in [2.05, 4.69) is 10.2 Å². The molecule has 0 aliphatic heterocycles. The lowest BCUT2D eigenvalue weighted by atomic mass is 10.0. The zero-order chi connectivity index (χ0) is 14.0. The van der Waals surface area contributed by atoms with E-state index >= 15 is 0 Å². The molecule has 2 aromatic carbocycles. The number of halogens is 1. The maximum absolute atomic E-state index is 12.4. The van der Waals surface area contributed by atoms with Gasteiger partial charge in [0.05, 0.1) is 0 Å². The third-order valence-corrected chi connectivity index (χ3v) is 3.00. The van der Waals surface area contributed by atoms with Gasteiger partial charge in [0.2, 0.25) is 0 Å². The van der Waals surface area contributed by atoms with Crippen LogP contribution in [0.4, 0.5) is 3.89 Å². The van der Waals surface area contributed by atoms with Crippen molar-refractivity contribution in [3.63, 3.8) is 0 Å². The molecule has 5 heteroatoms. The number of hydrogen-bond acceptors (Lipinski definition) is 3. The van der Waals surface area contributed by atoms with E-state index in [1.807, 2.05) is 26.0 Å². The molecule has 0 saturated heterocycles. The third-order valence-electron chi connectivity index (χ3n) is 2.61. The van der Waals surface area contributed by atoms with Crippen LogP contribution in [-0.2, 0) is 10.5 Å². The molecular formula is C14H13FO3S. The molecule has 3 nitrogen and oxygen atoms in total. The smallest absolute Gasteiger partial charge is 0.358 e. The second kappa shape index (κ2) is 5.01. The maximum Gasteiger partial charge on any atom is 0.488 e. The van der Waals surface area contributed by atoms with Crippen molar-refractivity contribution in [1.29, 1.82) is 0 Å². The summed E-state index contributed by atoms with van der Waals surface area (Å²) < 4.78 is 37.2. The molecule has 0 aliphatic rings. The highest BCUT2D eigenvalue weighted by Crippen LogP contribution is 2.25. The van der Waals surface area contributed by atoms with E-state index in [4.69, 9.17) is 0 Å². The maximum atomic E-state index is 12.4. The molecule has 0 fully saturated rings. The first-order chi connectivity index (χ1) is 8.83. The molecule has 0 radical (unpaired) electrons. The van der Waals surface area contributed by atoms with Gasteiger partial charge in [0.1, 0.15) is 5.75 Å². The monoisotopic (exact) mass is 280 g/mol. The van der Waals surface area contributed by atoms with Crippen molar-refractivity contribution in [3.05, 3.63) is 53.6 Å². The quantitative estimate of drug-likeness (QED) is 0.807. The van der Waals surface area contributed by atoms with E-state index in [0.29, 0.717) is 0 Å². The van der Waals surface area contributed by atoms with Gasteiger partial charge < -0.3 is 4.18 Å². The van der Waals surface area contributed by atoms with Crippen LogP contribution >= 0.6 is 0 Å². The number of hydrogen-bond donors (Lipinski definition) is 0. The molecule has 0 atom stereocenters. The van der Waals surface area contributed by atoms with E-state index in [0.717, 1.165) is 22.3 Å². The minimum absolute atomic E-state index is 0.0457. The van der Waals surface area contributed by atoms with Crippen LogP contribution in [0.15, 0.2) is 42.5 Å². The van der Waals surface area contributed by atoms with Gasteiger partial charge in [0.25, 0.3) is 0 Å². The van der Waals surface area contributed by atoms with Crippen LogP contribution in [0.5, 0.6) is 5.75 Å². The van der Waals surface area contributed by atoms with E-state index in [9.17, 15) is 12.3 Å². The summed E-state index contributed by atoms with van der Waals surface area (Å²) in [7, 11) is -4.97. The lowest BCUT2D eigenvalue weighted by Gasteiger charge is -2.06. The topological polar surface area (TPSA) is 43.4 Å². The van der Waals surface area contributed by atoms with Crippen LogP contribution in [0.2, 0.25) is 0 Å². The molecule has 0 spiro atoms. The Bertz CT molecular complexity index is 671. The van der Waals surface area contributed by atoms with Crippen LogP contribution in [0, 0.1) is 13.8 Å². The molecule has 0 unspecified atom stereocenters. The molecule has 2 aromatic rings. The Balaban J connectivity index is 2.32. The zero-order valence-corrected chi connectivity index (χ0v) is 11.4. The number of benzene rings is 2. The van der Waals surface area contributed by atoms with E-state index in [1.165, 1.54) is 12.1 Å². The van der Waals surface area contributed by atoms with Crippen LogP contribution in [0.25, 0.3) is 11.1 Å². The van der Waals surface area contributed by atoms with Crippen molar-refractivity contribution in [3.8, 4) is 16.9 Å². The van der Waals surface area contributed by atoms with E-state index in [1.54, 1.807) is 12.1 Å². The zero-order valence-electron chi connectivity index (χ0n) is 10.6. The number of rotatable bonds is 3. The lowest BCUT2D eigenvalue weighted by molar-refractivity contribution is 0.440. The normalized spacial score (nSPS) is 11.3. The molecule has 0 N–H and O–H groups in total. The SMILES string of the molecule is Cc1cc(C)cc(-c2ccc(OS(=O)(=O)F)cc2)c1. The van der Waals surface area contributed by atoms with Crippen molar-refractivity contribution < 1.29 is 16.5 Å². The Kier molecular flexibility index (Phi) is 3.57. The van der Waals surface area contributed by atoms with Gasteiger partial charge in [-0.15, -0.1) is 0 Å². The van der Waals surface area contributed by atoms with Crippen LogP contribution < -0.4 is 4.18 Å². The standard InChI is InChI=1S/C14H13FO3S/c1-10-7-11(2)9-13(8-10)12-3-5-14(6-4-12)18-19(15,16)17/h3-9H,1-2H3. The van der Waals surface area contributed by atoms with Crippen LogP contribution in [0.3, 0.4) is 0 Å². The fourth-order valence-electron chi connectivity index (χ4n) is 1.96. The second-order valence-corrected chi connectivity index (χ2v) is 5.33. The molecule has 0 heterocycles. The van der Waals surface area contributed by atoms with Gasteiger partial charge in [-0.05, 0) is 37.1 Å².